The number of benzene rings is 1. The molecule has 1 unspecified atom stereocenters. The summed E-state index contributed by atoms with van der Waals surface area (Å²) in [5.74, 6) is -0.645. The molecular formula is C22H28N4O6. The van der Waals surface area contributed by atoms with E-state index in [0.29, 0.717) is 39.0 Å². The van der Waals surface area contributed by atoms with Crippen LogP contribution in [-0.4, -0.2) is 81.9 Å². The molecule has 1 aromatic carbocycles. The Hall–Kier alpha value is -3.01. The van der Waals surface area contributed by atoms with Crippen molar-refractivity contribution in [1.29, 1.82) is 0 Å². The number of hydrogen-bond donors (Lipinski definition) is 0. The van der Waals surface area contributed by atoms with E-state index in [1.807, 2.05) is 0 Å². The zero-order chi connectivity index (χ0) is 22.9. The van der Waals surface area contributed by atoms with E-state index in [-0.39, 0.29) is 29.7 Å². The van der Waals surface area contributed by atoms with Gasteiger partial charge in [-0.05, 0) is 31.7 Å². The summed E-state index contributed by atoms with van der Waals surface area (Å²) in [6.45, 7) is 3.33. The number of ether oxygens (including phenoxy) is 1. The molecule has 0 N–H and O–H groups in total. The maximum Gasteiger partial charge on any atom is 0.270 e. The second-order valence-electron chi connectivity index (χ2n) is 8.65. The first-order valence-corrected chi connectivity index (χ1v) is 11.1. The molecule has 32 heavy (non-hydrogen) atoms. The summed E-state index contributed by atoms with van der Waals surface area (Å²) >= 11 is 0. The lowest BCUT2D eigenvalue weighted by Crippen LogP contribution is -2.59. The fourth-order valence-electron chi connectivity index (χ4n) is 5.00. The minimum atomic E-state index is -0.860. The second-order valence-corrected chi connectivity index (χ2v) is 8.65. The van der Waals surface area contributed by atoms with Gasteiger partial charge < -0.3 is 14.5 Å². The maximum absolute atomic E-state index is 13.6. The number of nitro benzene ring substituents is 1. The van der Waals surface area contributed by atoms with Crippen LogP contribution in [0.3, 0.4) is 0 Å². The summed E-state index contributed by atoms with van der Waals surface area (Å²) in [4.78, 5) is 54.3. The Morgan fingerprint density at radius 1 is 1.06 bits per heavy atom. The topological polar surface area (TPSA) is 113 Å². The number of piperazine rings is 1. The Balaban J connectivity index is 1.61. The molecule has 1 aromatic rings. The monoisotopic (exact) mass is 444 g/mol. The Labute approximate surface area is 186 Å². The van der Waals surface area contributed by atoms with E-state index in [1.165, 1.54) is 31.2 Å². The van der Waals surface area contributed by atoms with Crippen LogP contribution in [0, 0.1) is 10.1 Å². The van der Waals surface area contributed by atoms with Crippen LogP contribution in [0.25, 0.3) is 0 Å². The molecule has 172 valence electrons. The van der Waals surface area contributed by atoms with Gasteiger partial charge in [-0.15, -0.1) is 0 Å². The van der Waals surface area contributed by atoms with Gasteiger partial charge in [-0.25, -0.2) is 0 Å². The van der Waals surface area contributed by atoms with E-state index >= 15 is 0 Å². The van der Waals surface area contributed by atoms with Gasteiger partial charge in [0.25, 0.3) is 11.6 Å². The van der Waals surface area contributed by atoms with Gasteiger partial charge >= 0.3 is 0 Å². The van der Waals surface area contributed by atoms with Crippen molar-refractivity contribution < 1.29 is 24.0 Å². The number of carbonyl (C=O) groups is 3. The van der Waals surface area contributed by atoms with E-state index in [0.717, 1.165) is 19.3 Å². The van der Waals surface area contributed by atoms with Gasteiger partial charge in [0.05, 0.1) is 11.5 Å². The zero-order valence-electron chi connectivity index (χ0n) is 18.2. The van der Waals surface area contributed by atoms with Crippen LogP contribution in [0.4, 0.5) is 5.69 Å². The van der Waals surface area contributed by atoms with Gasteiger partial charge in [0.2, 0.25) is 11.8 Å². The van der Waals surface area contributed by atoms with Crippen LogP contribution in [0.5, 0.6) is 0 Å². The molecule has 10 nitrogen and oxygen atoms in total. The van der Waals surface area contributed by atoms with Crippen molar-refractivity contribution in [2.24, 2.45) is 0 Å². The highest BCUT2D eigenvalue weighted by molar-refractivity contribution is 5.99. The number of non-ortho nitro benzene ring substituents is 1. The first-order valence-electron chi connectivity index (χ1n) is 11.1. The normalized spacial score (nSPS) is 22.8. The average molecular weight is 444 g/mol. The molecule has 0 bridgehead atoms. The highest BCUT2D eigenvalue weighted by Gasteiger charge is 2.53. The molecule has 10 heteroatoms. The van der Waals surface area contributed by atoms with Gasteiger partial charge in [0.1, 0.15) is 11.8 Å². The summed E-state index contributed by atoms with van der Waals surface area (Å²) in [6.07, 6.45) is 4.08. The predicted octanol–water partition coefficient (Wildman–Crippen LogP) is 1.79. The molecule has 2 saturated heterocycles. The van der Waals surface area contributed by atoms with Gasteiger partial charge in [0.15, 0.2) is 0 Å². The third-order valence-electron chi connectivity index (χ3n) is 6.74. The molecule has 0 radical (unpaired) electrons. The molecule has 2 heterocycles. The van der Waals surface area contributed by atoms with Crippen LogP contribution in [0.15, 0.2) is 24.3 Å². The van der Waals surface area contributed by atoms with Crippen LogP contribution >= 0.6 is 0 Å². The third-order valence-corrected chi connectivity index (χ3v) is 6.74. The quantitative estimate of drug-likeness (QED) is 0.519. The Kier molecular flexibility index (Phi) is 6.14. The number of carbonyl (C=O) groups excluding carboxylic acids is 3. The molecule has 3 aliphatic rings. The zero-order valence-corrected chi connectivity index (χ0v) is 18.2. The lowest BCUT2D eigenvalue weighted by atomic mass is 9.89. The number of nitro groups is 1. The van der Waals surface area contributed by atoms with Crippen molar-refractivity contribution >= 4 is 23.4 Å². The highest BCUT2D eigenvalue weighted by Crippen LogP contribution is 2.42. The van der Waals surface area contributed by atoms with Crippen molar-refractivity contribution in [3.63, 3.8) is 0 Å². The van der Waals surface area contributed by atoms with E-state index < -0.39 is 22.6 Å². The maximum atomic E-state index is 13.6. The summed E-state index contributed by atoms with van der Waals surface area (Å²) in [5.41, 5.74) is -0.854. The minimum absolute atomic E-state index is 0.0232. The highest BCUT2D eigenvalue weighted by atomic mass is 16.6. The predicted molar refractivity (Wildman–Crippen MR) is 114 cm³/mol. The fourth-order valence-corrected chi connectivity index (χ4v) is 5.00. The van der Waals surface area contributed by atoms with Crippen LogP contribution in [0.1, 0.15) is 49.4 Å². The first kappa shape index (κ1) is 22.2. The van der Waals surface area contributed by atoms with Gasteiger partial charge in [0, 0.05) is 50.8 Å². The van der Waals surface area contributed by atoms with Crippen LogP contribution < -0.4 is 0 Å². The number of nitrogens with zero attached hydrogens (tertiary/aromatic N) is 4. The minimum Gasteiger partial charge on any atom is -0.353 e. The summed E-state index contributed by atoms with van der Waals surface area (Å²) in [5, 5.41) is 11.2. The number of amides is 3. The fraction of sp³-hybridized carbons (Fsp3) is 0.591. The smallest absolute Gasteiger partial charge is 0.270 e. The Morgan fingerprint density at radius 2 is 1.72 bits per heavy atom. The molecule has 0 aromatic heterocycles. The summed E-state index contributed by atoms with van der Waals surface area (Å²) in [7, 11) is 0. The van der Waals surface area contributed by atoms with E-state index in [9.17, 15) is 24.5 Å². The van der Waals surface area contributed by atoms with E-state index in [1.54, 1.807) is 14.7 Å². The molecule has 1 spiro atoms. The second kappa shape index (κ2) is 8.85. The average Bonchev–Trinajstić information content (AvgIpc) is 3.16. The van der Waals surface area contributed by atoms with Crippen molar-refractivity contribution in [3.8, 4) is 0 Å². The molecule has 3 amide bonds. The van der Waals surface area contributed by atoms with Gasteiger partial charge in [-0.1, -0.05) is 12.5 Å². The Morgan fingerprint density at radius 3 is 2.34 bits per heavy atom. The molecule has 1 aliphatic carbocycles. The van der Waals surface area contributed by atoms with Crippen LogP contribution in [0.2, 0.25) is 0 Å². The van der Waals surface area contributed by atoms with Crippen molar-refractivity contribution in [2.45, 2.75) is 50.8 Å². The lowest BCUT2D eigenvalue weighted by molar-refractivity contribution is -0.384. The first-order chi connectivity index (χ1) is 15.3. The molecule has 1 saturated carbocycles. The SMILES string of the molecule is CC(=O)N1CCN(C(=O)C2COC3(CCCCC3)N2C(=O)c2cccc([N+](=O)[O-])c2)CC1. The molecule has 1 atom stereocenters. The largest absolute Gasteiger partial charge is 0.353 e. The molecular weight excluding hydrogens is 416 g/mol. The van der Waals surface area contributed by atoms with Crippen LogP contribution in [-0.2, 0) is 14.3 Å². The van der Waals surface area contributed by atoms with Crippen molar-refractivity contribution in [3.05, 3.63) is 39.9 Å². The summed E-state index contributed by atoms with van der Waals surface area (Å²) in [6, 6.07) is 4.82. The molecule has 4 rings (SSSR count). The van der Waals surface area contributed by atoms with Gasteiger partial charge in [-0.2, -0.15) is 0 Å². The van der Waals surface area contributed by atoms with Crippen molar-refractivity contribution in [1.82, 2.24) is 14.7 Å². The Bertz CT molecular complexity index is 921. The third kappa shape index (κ3) is 4.06. The number of hydrogen-bond acceptors (Lipinski definition) is 6. The standard InChI is InChI=1S/C22H28N4O6/c1-16(27)23-10-12-24(13-11-23)21(29)19-15-32-22(8-3-2-4-9-22)25(19)20(28)17-6-5-7-18(14-17)26(30)31/h5-7,14,19H,2-4,8-13,15H2,1H3. The molecule has 3 fully saturated rings. The lowest BCUT2D eigenvalue weighted by Gasteiger charge is -2.43. The summed E-state index contributed by atoms with van der Waals surface area (Å²) < 4.78 is 6.16. The van der Waals surface area contributed by atoms with E-state index in [4.69, 9.17) is 4.74 Å². The molecule has 2 aliphatic heterocycles. The van der Waals surface area contributed by atoms with E-state index in [2.05, 4.69) is 0 Å². The van der Waals surface area contributed by atoms with Gasteiger partial charge in [-0.3, -0.25) is 29.4 Å². The number of rotatable bonds is 3. The van der Waals surface area contributed by atoms with Crippen molar-refractivity contribution in [2.75, 3.05) is 32.8 Å².